The largest absolute Gasteiger partial charge is 0.290 e. The highest BCUT2D eigenvalue weighted by Gasteiger charge is 2.17. The number of aliphatic imine (C=N–C) groups is 1. The van der Waals surface area contributed by atoms with Crippen LogP contribution in [0.4, 0.5) is 14.5 Å². The number of nitrogens with one attached hydrogen (secondary N) is 1. The first kappa shape index (κ1) is 15.6. The fourth-order valence-corrected chi connectivity index (χ4v) is 1.89. The van der Waals surface area contributed by atoms with Gasteiger partial charge in [-0.25, -0.2) is 23.1 Å². The Morgan fingerprint density at radius 1 is 1.38 bits per heavy atom. The minimum Gasteiger partial charge on any atom is -0.290 e. The van der Waals surface area contributed by atoms with Crippen LogP contribution in [0.25, 0.3) is 0 Å². The molecule has 0 fully saturated rings. The molecule has 3 rings (SSSR count). The third-order valence-electron chi connectivity index (χ3n) is 2.95. The van der Waals surface area contributed by atoms with Crippen molar-refractivity contribution in [3.8, 4) is 0 Å². The van der Waals surface area contributed by atoms with Gasteiger partial charge in [0.25, 0.3) is 6.43 Å². The fourth-order valence-electron chi connectivity index (χ4n) is 1.89. The molecule has 0 aliphatic heterocycles. The van der Waals surface area contributed by atoms with Gasteiger partial charge >= 0.3 is 0 Å². The van der Waals surface area contributed by atoms with Gasteiger partial charge in [0.1, 0.15) is 12.0 Å². The molecule has 124 valence electrons. The minimum absolute atomic E-state index is 0.0930. The van der Waals surface area contributed by atoms with Crippen LogP contribution in [0.1, 0.15) is 23.4 Å². The smallest absolute Gasteiger partial charge is 0.263 e. The Morgan fingerprint density at radius 2 is 2.25 bits per heavy atom. The summed E-state index contributed by atoms with van der Waals surface area (Å²) in [5.41, 5.74) is 2.24. The highest BCUT2D eigenvalue weighted by atomic mass is 19.3. The van der Waals surface area contributed by atoms with Crippen LogP contribution in [-0.4, -0.2) is 41.6 Å². The average Bonchev–Trinajstić information content (AvgIpc) is 3.25. The standard InChI is InChI=1S/C12H10F2N8O2/c13-11(14)7-2-1-3-8(4-7)16-12(17-23)10-9(18-24-19-10)5-22-6-15-20-21-22/h1-4,6,11,23H,5H2,(H,16,17). The molecule has 0 saturated heterocycles. The lowest BCUT2D eigenvalue weighted by Crippen LogP contribution is -2.22. The number of alkyl halides is 2. The van der Waals surface area contributed by atoms with E-state index in [0.717, 1.165) is 0 Å². The number of rotatable bonds is 5. The van der Waals surface area contributed by atoms with Crippen molar-refractivity contribution in [3.63, 3.8) is 0 Å². The highest BCUT2D eigenvalue weighted by Crippen LogP contribution is 2.23. The minimum atomic E-state index is -2.63. The molecule has 0 aliphatic carbocycles. The SMILES string of the molecule is ONC(=Nc1cccc(C(F)F)c1)c1nonc1Cn1cnnn1. The van der Waals surface area contributed by atoms with Crippen molar-refractivity contribution >= 4 is 11.5 Å². The van der Waals surface area contributed by atoms with Crippen molar-refractivity contribution in [3.05, 3.63) is 47.5 Å². The maximum Gasteiger partial charge on any atom is 0.263 e. The molecule has 0 bridgehead atoms. The molecule has 0 aliphatic rings. The molecular weight excluding hydrogens is 326 g/mol. The molecule has 0 saturated carbocycles. The second-order valence-electron chi connectivity index (χ2n) is 4.53. The van der Waals surface area contributed by atoms with E-state index in [2.05, 4.69) is 35.5 Å². The highest BCUT2D eigenvalue weighted by molar-refractivity contribution is 5.98. The van der Waals surface area contributed by atoms with Crippen LogP contribution in [0.5, 0.6) is 0 Å². The molecule has 1 aromatic carbocycles. The van der Waals surface area contributed by atoms with E-state index >= 15 is 0 Å². The zero-order valence-electron chi connectivity index (χ0n) is 11.9. The summed E-state index contributed by atoms with van der Waals surface area (Å²) >= 11 is 0. The molecule has 2 N–H and O–H groups in total. The van der Waals surface area contributed by atoms with Crippen molar-refractivity contribution in [2.45, 2.75) is 13.0 Å². The van der Waals surface area contributed by atoms with E-state index in [1.165, 1.54) is 35.3 Å². The summed E-state index contributed by atoms with van der Waals surface area (Å²) in [5, 5.41) is 27.3. The molecule has 2 aromatic heterocycles. The first-order valence-electron chi connectivity index (χ1n) is 6.57. The second kappa shape index (κ2) is 6.87. The molecule has 12 heteroatoms. The van der Waals surface area contributed by atoms with E-state index in [4.69, 9.17) is 0 Å². The zero-order chi connectivity index (χ0) is 16.9. The van der Waals surface area contributed by atoms with Crippen molar-refractivity contribution in [1.82, 2.24) is 36.0 Å². The summed E-state index contributed by atoms with van der Waals surface area (Å²) in [6.07, 6.45) is -1.27. The van der Waals surface area contributed by atoms with Crippen LogP contribution in [-0.2, 0) is 6.54 Å². The van der Waals surface area contributed by atoms with Crippen molar-refractivity contribution < 1.29 is 18.6 Å². The summed E-state index contributed by atoms with van der Waals surface area (Å²) < 4.78 is 31.5. The summed E-state index contributed by atoms with van der Waals surface area (Å²) in [5.74, 6) is -0.120. The lowest BCUT2D eigenvalue weighted by Gasteiger charge is -2.04. The molecule has 0 radical (unpaired) electrons. The molecule has 0 unspecified atom stereocenters. The maximum atomic E-state index is 12.7. The van der Waals surface area contributed by atoms with Gasteiger partial charge in [0, 0.05) is 5.56 Å². The Bertz CT molecular complexity index is 833. The molecular formula is C12H10F2N8O2. The van der Waals surface area contributed by atoms with E-state index in [9.17, 15) is 14.0 Å². The number of benzene rings is 1. The second-order valence-corrected chi connectivity index (χ2v) is 4.53. The number of amidine groups is 1. The van der Waals surface area contributed by atoms with Crippen LogP contribution in [0.15, 0.2) is 40.2 Å². The van der Waals surface area contributed by atoms with Crippen LogP contribution < -0.4 is 5.48 Å². The van der Waals surface area contributed by atoms with Gasteiger partial charge in [-0.1, -0.05) is 17.3 Å². The van der Waals surface area contributed by atoms with Crippen molar-refractivity contribution in [1.29, 1.82) is 0 Å². The Balaban J connectivity index is 1.92. The van der Waals surface area contributed by atoms with Gasteiger partial charge in [-0.3, -0.25) is 10.7 Å². The maximum absolute atomic E-state index is 12.7. The molecule has 24 heavy (non-hydrogen) atoms. The molecule has 0 amide bonds. The third-order valence-corrected chi connectivity index (χ3v) is 2.95. The summed E-state index contributed by atoms with van der Waals surface area (Å²) in [6.45, 7) is 0.115. The van der Waals surface area contributed by atoms with E-state index in [-0.39, 0.29) is 35.0 Å². The Labute approximate surface area is 132 Å². The Hall–Kier alpha value is -3.28. The van der Waals surface area contributed by atoms with Gasteiger partial charge in [-0.05, 0) is 27.7 Å². The van der Waals surface area contributed by atoms with Gasteiger partial charge < -0.3 is 0 Å². The molecule has 2 heterocycles. The lowest BCUT2D eigenvalue weighted by molar-refractivity contribution is 0.151. The predicted octanol–water partition coefficient (Wildman–Crippen LogP) is 1.10. The van der Waals surface area contributed by atoms with Crippen LogP contribution in [0.3, 0.4) is 0 Å². The van der Waals surface area contributed by atoms with Gasteiger partial charge in [0.05, 0.1) is 12.2 Å². The lowest BCUT2D eigenvalue weighted by atomic mass is 10.2. The number of nitrogens with zero attached hydrogens (tertiary/aromatic N) is 7. The number of aromatic nitrogens is 6. The van der Waals surface area contributed by atoms with E-state index in [0.29, 0.717) is 0 Å². The Morgan fingerprint density at radius 3 is 2.96 bits per heavy atom. The summed E-state index contributed by atoms with van der Waals surface area (Å²) in [4.78, 5) is 4.05. The molecule has 10 nitrogen and oxygen atoms in total. The number of hydrogen-bond donors (Lipinski definition) is 2. The third kappa shape index (κ3) is 3.38. The number of hydrogen-bond acceptors (Lipinski definition) is 8. The van der Waals surface area contributed by atoms with Gasteiger partial charge in [0.15, 0.2) is 11.5 Å². The van der Waals surface area contributed by atoms with Gasteiger partial charge in [0.2, 0.25) is 0 Å². The topological polar surface area (TPSA) is 127 Å². The summed E-state index contributed by atoms with van der Waals surface area (Å²) in [7, 11) is 0. The van der Waals surface area contributed by atoms with Crippen LogP contribution in [0, 0.1) is 0 Å². The van der Waals surface area contributed by atoms with E-state index in [1.54, 1.807) is 0 Å². The number of hydroxylamine groups is 1. The van der Waals surface area contributed by atoms with Crippen molar-refractivity contribution in [2.24, 2.45) is 4.99 Å². The average molecular weight is 336 g/mol. The quantitative estimate of drug-likeness (QED) is 0.403. The number of tetrazole rings is 1. The fraction of sp³-hybridized carbons (Fsp3) is 0.167. The number of halogens is 2. The van der Waals surface area contributed by atoms with E-state index < -0.39 is 6.43 Å². The zero-order valence-corrected chi connectivity index (χ0v) is 11.9. The van der Waals surface area contributed by atoms with Crippen LogP contribution >= 0.6 is 0 Å². The normalized spacial score (nSPS) is 11.9. The van der Waals surface area contributed by atoms with Crippen molar-refractivity contribution in [2.75, 3.05) is 0 Å². The predicted molar refractivity (Wildman–Crippen MR) is 73.7 cm³/mol. The first-order chi connectivity index (χ1) is 11.7. The van der Waals surface area contributed by atoms with Gasteiger partial charge in [-0.2, -0.15) is 0 Å². The van der Waals surface area contributed by atoms with Crippen LogP contribution in [0.2, 0.25) is 0 Å². The monoisotopic (exact) mass is 336 g/mol. The van der Waals surface area contributed by atoms with E-state index in [1.807, 2.05) is 5.48 Å². The molecule has 0 atom stereocenters. The summed E-state index contributed by atoms with van der Waals surface area (Å²) in [6, 6.07) is 5.39. The molecule has 0 spiro atoms. The molecule has 3 aromatic rings. The Kier molecular flexibility index (Phi) is 4.47. The van der Waals surface area contributed by atoms with Gasteiger partial charge in [-0.15, -0.1) is 5.10 Å². The first-order valence-corrected chi connectivity index (χ1v) is 6.57.